The number of amides is 5. The van der Waals surface area contributed by atoms with Gasteiger partial charge in [0.15, 0.2) is 5.78 Å². The Hall–Kier alpha value is -5.62. The quantitative estimate of drug-likeness (QED) is 0.133. The predicted molar refractivity (Wildman–Crippen MR) is 248 cm³/mol. The second-order valence-corrected chi connectivity index (χ2v) is 18.5. The molecule has 4 aliphatic rings. The third-order valence-electron chi connectivity index (χ3n) is 13.8. The Balaban J connectivity index is 1.03. The van der Waals surface area contributed by atoms with Crippen molar-refractivity contribution in [1.82, 2.24) is 31.1 Å². The standard InChI is InChI=1S/C52H66N6O6/c1-33(2)48(60)56-47(52(64)58-31-13-25-45(58)50(62)54-42-22-11-18-37-16-6-8-21-41(37)42)38-28-26-35(27-29-38)14-9-23-43(55-49(61)34(3)53-4)51(63)57-30-12-24-44(57)46(59)32-39-19-10-17-36-15-5-7-20-40(36)39/h5-9,14-16,20-21,26-29,33-34,39,42-45,47,53H,10-13,17-19,22-25,30-32H2,1-4H3,(H,54,62)(H,55,61)(H,56,60)/b14-9+/t34-,39-,42+,43-,44-,45-,47-/m0/s1. The van der Waals surface area contributed by atoms with Crippen LogP contribution in [0.15, 0.2) is 78.9 Å². The summed E-state index contributed by atoms with van der Waals surface area (Å²) in [5.74, 6) is -1.49. The SMILES string of the molecule is CN[C@@H](C)C(=O)N[C@@H](C/C=C/c1ccc([C@H](NC(=O)C(C)C)C(=O)N2CCC[C@H]2C(=O)N[C@@H]2CCCc3ccccc32)cc1)C(=O)N1CCC[C@H]1C(=O)C[C@@H]1CCCc2ccccc21. The number of likely N-dealkylation sites (N-methyl/N-ethyl adjacent to an activating group) is 1. The number of nitrogens with zero attached hydrogens (tertiary/aromatic N) is 2. The third-order valence-corrected chi connectivity index (χ3v) is 13.8. The average Bonchev–Trinajstić information content (AvgIpc) is 4.02. The first-order valence-corrected chi connectivity index (χ1v) is 23.6. The van der Waals surface area contributed by atoms with Crippen LogP contribution in [0.3, 0.4) is 0 Å². The molecule has 0 radical (unpaired) electrons. The molecule has 4 N–H and O–H groups in total. The van der Waals surface area contributed by atoms with E-state index in [0.29, 0.717) is 44.3 Å². The molecule has 0 bridgehead atoms. The lowest BCUT2D eigenvalue weighted by Gasteiger charge is -2.32. The molecule has 2 heterocycles. The van der Waals surface area contributed by atoms with E-state index in [1.165, 1.54) is 16.7 Å². The topological polar surface area (TPSA) is 157 Å². The van der Waals surface area contributed by atoms with Crippen molar-refractivity contribution >= 4 is 41.4 Å². The lowest BCUT2D eigenvalue weighted by Crippen LogP contribution is -2.54. The van der Waals surface area contributed by atoms with Gasteiger partial charge in [0, 0.05) is 25.4 Å². The van der Waals surface area contributed by atoms with E-state index in [9.17, 15) is 28.8 Å². The first kappa shape index (κ1) is 46.4. The van der Waals surface area contributed by atoms with Crippen molar-refractivity contribution in [3.05, 3.63) is 112 Å². The van der Waals surface area contributed by atoms with Gasteiger partial charge in [-0.3, -0.25) is 28.8 Å². The molecule has 7 atom stereocenters. The Bertz CT molecular complexity index is 2200. The summed E-state index contributed by atoms with van der Waals surface area (Å²) in [5.41, 5.74) is 6.30. The molecule has 2 aliphatic heterocycles. The normalized spacial score (nSPS) is 22.0. The minimum atomic E-state index is -0.993. The van der Waals surface area contributed by atoms with Gasteiger partial charge in [0.25, 0.3) is 0 Å². The summed E-state index contributed by atoms with van der Waals surface area (Å²) in [5, 5.41) is 12.1. The number of hydrogen-bond acceptors (Lipinski definition) is 7. The van der Waals surface area contributed by atoms with E-state index in [1.807, 2.05) is 48.6 Å². The van der Waals surface area contributed by atoms with Gasteiger partial charge < -0.3 is 31.1 Å². The van der Waals surface area contributed by atoms with Gasteiger partial charge in [-0.2, -0.15) is 0 Å². The number of Topliss-reactive ketones (excluding diaryl/α,β-unsaturated/α-hetero) is 1. The minimum absolute atomic E-state index is 0.0762. The van der Waals surface area contributed by atoms with E-state index in [1.54, 1.807) is 49.8 Å². The summed E-state index contributed by atoms with van der Waals surface area (Å²) in [6.07, 6.45) is 12.7. The molecular formula is C52H66N6O6. The Morgan fingerprint density at radius 1 is 0.688 bits per heavy atom. The number of fused-ring (bicyclic) bond motifs is 2. The van der Waals surface area contributed by atoms with Crippen LogP contribution in [0.2, 0.25) is 0 Å². The molecule has 0 saturated carbocycles. The molecule has 2 saturated heterocycles. The highest BCUT2D eigenvalue weighted by Gasteiger charge is 2.41. The van der Waals surface area contributed by atoms with Crippen LogP contribution < -0.4 is 21.3 Å². The van der Waals surface area contributed by atoms with Gasteiger partial charge in [-0.1, -0.05) is 98.8 Å². The molecule has 12 heteroatoms. The number of carbonyl (C=O) groups excluding carboxylic acids is 6. The first-order chi connectivity index (χ1) is 30.9. The molecule has 0 aromatic heterocycles. The number of aryl methyl sites for hydroxylation is 2. The summed E-state index contributed by atoms with van der Waals surface area (Å²) in [6.45, 7) is 6.16. The lowest BCUT2D eigenvalue weighted by atomic mass is 9.79. The second-order valence-electron chi connectivity index (χ2n) is 18.5. The van der Waals surface area contributed by atoms with E-state index >= 15 is 0 Å². The highest BCUT2D eigenvalue weighted by Crippen LogP contribution is 2.36. The molecule has 2 aliphatic carbocycles. The maximum Gasteiger partial charge on any atom is 0.250 e. The monoisotopic (exact) mass is 871 g/mol. The zero-order valence-electron chi connectivity index (χ0n) is 37.9. The van der Waals surface area contributed by atoms with Crippen molar-refractivity contribution in [3.8, 4) is 0 Å². The van der Waals surface area contributed by atoms with Crippen molar-refractivity contribution < 1.29 is 28.8 Å². The minimum Gasteiger partial charge on any atom is -0.347 e. The number of likely N-dealkylation sites (tertiary alicyclic amines) is 2. The molecule has 12 nitrogen and oxygen atoms in total. The van der Waals surface area contributed by atoms with Gasteiger partial charge in [-0.25, -0.2) is 0 Å². The summed E-state index contributed by atoms with van der Waals surface area (Å²) in [6, 6.07) is 20.2. The predicted octanol–water partition coefficient (Wildman–Crippen LogP) is 6.25. The number of hydrogen-bond donors (Lipinski definition) is 4. The van der Waals surface area contributed by atoms with Crippen LogP contribution in [0.4, 0.5) is 0 Å². The van der Waals surface area contributed by atoms with Crippen LogP contribution in [-0.2, 0) is 41.6 Å². The van der Waals surface area contributed by atoms with E-state index in [4.69, 9.17) is 0 Å². The summed E-state index contributed by atoms with van der Waals surface area (Å²) >= 11 is 0. The number of nitrogens with one attached hydrogen (secondary N) is 4. The highest BCUT2D eigenvalue weighted by atomic mass is 16.2. The van der Waals surface area contributed by atoms with E-state index in [2.05, 4.69) is 45.5 Å². The van der Waals surface area contributed by atoms with Crippen molar-refractivity contribution in [1.29, 1.82) is 0 Å². The molecule has 64 heavy (non-hydrogen) atoms. The Morgan fingerprint density at radius 2 is 1.31 bits per heavy atom. The van der Waals surface area contributed by atoms with E-state index in [0.717, 1.165) is 56.1 Å². The van der Waals surface area contributed by atoms with Crippen LogP contribution in [0, 0.1) is 5.92 Å². The Labute approximate surface area is 378 Å². The van der Waals surface area contributed by atoms with Crippen LogP contribution in [0.1, 0.15) is 136 Å². The number of rotatable bonds is 16. The summed E-state index contributed by atoms with van der Waals surface area (Å²) in [7, 11) is 1.69. The third kappa shape index (κ3) is 10.8. The van der Waals surface area contributed by atoms with Crippen molar-refractivity contribution in [2.75, 3.05) is 20.1 Å². The Kier molecular flexibility index (Phi) is 15.5. The van der Waals surface area contributed by atoms with Crippen LogP contribution in [-0.4, -0.2) is 89.4 Å². The van der Waals surface area contributed by atoms with Crippen molar-refractivity contribution in [2.24, 2.45) is 5.92 Å². The number of carbonyl (C=O) groups is 6. The van der Waals surface area contributed by atoms with E-state index < -0.39 is 30.2 Å². The fraction of sp³-hybridized carbons (Fsp3) is 0.500. The largest absolute Gasteiger partial charge is 0.347 e. The fourth-order valence-electron chi connectivity index (χ4n) is 10.0. The Morgan fingerprint density at radius 3 is 2.00 bits per heavy atom. The van der Waals surface area contributed by atoms with Gasteiger partial charge in [-0.05, 0) is 124 Å². The summed E-state index contributed by atoms with van der Waals surface area (Å²) in [4.78, 5) is 86.1. The van der Waals surface area contributed by atoms with Crippen LogP contribution in [0.25, 0.3) is 6.08 Å². The second kappa shape index (κ2) is 21.4. The molecule has 0 unspecified atom stereocenters. The smallest absolute Gasteiger partial charge is 0.250 e. The molecule has 5 amide bonds. The van der Waals surface area contributed by atoms with Gasteiger partial charge in [0.2, 0.25) is 29.5 Å². The molecular weight excluding hydrogens is 805 g/mol. The highest BCUT2D eigenvalue weighted by molar-refractivity contribution is 5.95. The number of ketones is 1. The average molecular weight is 871 g/mol. The van der Waals surface area contributed by atoms with Crippen LogP contribution >= 0.6 is 0 Å². The van der Waals surface area contributed by atoms with E-state index in [-0.39, 0.29) is 59.6 Å². The van der Waals surface area contributed by atoms with Gasteiger partial charge in [-0.15, -0.1) is 0 Å². The lowest BCUT2D eigenvalue weighted by molar-refractivity contribution is -0.142. The zero-order chi connectivity index (χ0) is 45.3. The molecule has 3 aromatic rings. The van der Waals surface area contributed by atoms with Gasteiger partial charge >= 0.3 is 0 Å². The maximum atomic E-state index is 14.4. The number of benzene rings is 3. The summed E-state index contributed by atoms with van der Waals surface area (Å²) < 4.78 is 0. The van der Waals surface area contributed by atoms with Gasteiger partial charge in [0.1, 0.15) is 18.1 Å². The van der Waals surface area contributed by atoms with Crippen molar-refractivity contribution in [3.63, 3.8) is 0 Å². The molecule has 340 valence electrons. The molecule has 0 spiro atoms. The zero-order valence-corrected chi connectivity index (χ0v) is 37.9. The molecule has 3 aromatic carbocycles. The molecule has 7 rings (SSSR count). The van der Waals surface area contributed by atoms with Crippen molar-refractivity contribution in [2.45, 2.75) is 140 Å². The molecule has 2 fully saturated rings. The first-order valence-electron chi connectivity index (χ1n) is 23.6. The maximum absolute atomic E-state index is 14.4. The fourth-order valence-corrected chi connectivity index (χ4v) is 10.0. The van der Waals surface area contributed by atoms with Crippen LogP contribution in [0.5, 0.6) is 0 Å². The van der Waals surface area contributed by atoms with Gasteiger partial charge in [0.05, 0.1) is 18.1 Å².